The number of hydrogen-bond donors (Lipinski definition) is 1. The number of nitrogens with two attached hydrogens (primary N) is 1. The zero-order valence-electron chi connectivity index (χ0n) is 19.4. The molecule has 33 heavy (non-hydrogen) atoms. The molecule has 1 aliphatic carbocycles. The summed E-state index contributed by atoms with van der Waals surface area (Å²) in [4.78, 5) is 11.6. The van der Waals surface area contributed by atoms with Crippen LogP contribution in [-0.4, -0.2) is 12.5 Å². The monoisotopic (exact) mass is 435 g/mol. The van der Waals surface area contributed by atoms with Gasteiger partial charge in [-0.25, -0.2) is 4.79 Å². The van der Waals surface area contributed by atoms with Crippen molar-refractivity contribution in [2.45, 2.75) is 27.2 Å². The van der Waals surface area contributed by atoms with E-state index in [1.807, 2.05) is 36.4 Å². The van der Waals surface area contributed by atoms with E-state index in [1.54, 1.807) is 19.1 Å². The molecule has 3 nitrogen and oxygen atoms in total. The molecule has 3 rings (SSSR count). The van der Waals surface area contributed by atoms with Gasteiger partial charge in [-0.2, -0.15) is 0 Å². The van der Waals surface area contributed by atoms with E-state index >= 15 is 0 Å². The van der Waals surface area contributed by atoms with E-state index in [1.165, 1.54) is 0 Å². The van der Waals surface area contributed by atoms with E-state index in [4.69, 9.17) is 10.5 Å². The van der Waals surface area contributed by atoms with Crippen molar-refractivity contribution in [1.29, 1.82) is 0 Å². The molecular formula is C30H29NO2. The fourth-order valence-corrected chi connectivity index (χ4v) is 3.20. The van der Waals surface area contributed by atoms with Gasteiger partial charge < -0.3 is 10.5 Å². The van der Waals surface area contributed by atoms with Crippen molar-refractivity contribution in [2.75, 3.05) is 6.54 Å². The Morgan fingerprint density at radius 2 is 1.55 bits per heavy atom. The molecule has 0 bridgehead atoms. The summed E-state index contributed by atoms with van der Waals surface area (Å²) in [5, 5.41) is 0. The molecule has 2 atom stereocenters. The van der Waals surface area contributed by atoms with Crippen LogP contribution < -0.4 is 10.5 Å². The van der Waals surface area contributed by atoms with Crippen LogP contribution in [-0.2, 0) is 4.79 Å². The summed E-state index contributed by atoms with van der Waals surface area (Å²) in [7, 11) is 0. The van der Waals surface area contributed by atoms with Gasteiger partial charge in [0.2, 0.25) is 0 Å². The Balaban J connectivity index is 1.60. The van der Waals surface area contributed by atoms with Crippen LogP contribution in [0, 0.1) is 35.0 Å². The summed E-state index contributed by atoms with van der Waals surface area (Å²) in [6, 6.07) is 15.0. The Labute approximate surface area is 197 Å². The van der Waals surface area contributed by atoms with E-state index in [0.717, 1.165) is 28.7 Å². The maximum absolute atomic E-state index is 11.6. The molecule has 2 aromatic carbocycles. The van der Waals surface area contributed by atoms with Gasteiger partial charge in [0.15, 0.2) is 0 Å². The second kappa shape index (κ2) is 10.7. The zero-order chi connectivity index (χ0) is 23.8. The van der Waals surface area contributed by atoms with E-state index in [2.05, 4.69) is 62.3 Å². The highest BCUT2D eigenvalue weighted by atomic mass is 16.5. The molecule has 0 amide bonds. The summed E-state index contributed by atoms with van der Waals surface area (Å²) < 4.78 is 5.19. The van der Waals surface area contributed by atoms with Crippen LogP contribution in [0.4, 0.5) is 0 Å². The Morgan fingerprint density at radius 3 is 2.00 bits per heavy atom. The summed E-state index contributed by atoms with van der Waals surface area (Å²) >= 11 is 0. The number of rotatable bonds is 4. The molecular weight excluding hydrogens is 406 g/mol. The van der Waals surface area contributed by atoms with Crippen LogP contribution in [0.25, 0.3) is 0 Å². The number of carbonyl (C=O) groups is 1. The first kappa shape index (κ1) is 23.9. The Bertz CT molecular complexity index is 1210. The van der Waals surface area contributed by atoms with Gasteiger partial charge in [-0.1, -0.05) is 62.3 Å². The second-order valence-electron chi connectivity index (χ2n) is 8.61. The first-order chi connectivity index (χ1) is 15.8. The lowest BCUT2D eigenvalue weighted by Gasteiger charge is -2.33. The van der Waals surface area contributed by atoms with Crippen LogP contribution in [0.1, 0.15) is 43.9 Å². The van der Waals surface area contributed by atoms with E-state index in [0.29, 0.717) is 23.8 Å². The Kier molecular flexibility index (Phi) is 7.73. The van der Waals surface area contributed by atoms with Crippen LogP contribution in [0.2, 0.25) is 0 Å². The topological polar surface area (TPSA) is 52.3 Å². The van der Waals surface area contributed by atoms with E-state index < -0.39 is 5.97 Å². The van der Waals surface area contributed by atoms with Crippen LogP contribution >= 0.6 is 0 Å². The molecule has 0 aliphatic heterocycles. The Morgan fingerprint density at radius 1 is 1.03 bits per heavy atom. The van der Waals surface area contributed by atoms with Gasteiger partial charge in [0.1, 0.15) is 5.75 Å². The number of allylic oxidation sites excluding steroid dienone is 4. The normalized spacial score (nSPS) is 17.5. The fourth-order valence-electron chi connectivity index (χ4n) is 3.20. The van der Waals surface area contributed by atoms with Crippen molar-refractivity contribution < 1.29 is 9.53 Å². The molecule has 0 heterocycles. The average Bonchev–Trinajstić information content (AvgIpc) is 2.83. The third-order valence-corrected chi connectivity index (χ3v) is 5.89. The van der Waals surface area contributed by atoms with Crippen molar-refractivity contribution >= 4 is 5.97 Å². The lowest BCUT2D eigenvalue weighted by atomic mass is 9.72. The lowest BCUT2D eigenvalue weighted by molar-refractivity contribution is -0.130. The third-order valence-electron chi connectivity index (χ3n) is 5.89. The summed E-state index contributed by atoms with van der Waals surface area (Å²) in [5.74, 6) is 13.2. The summed E-state index contributed by atoms with van der Waals surface area (Å²) in [5.41, 5.74) is 10.0. The number of carbonyl (C=O) groups excluding carboxylic acids is 1. The molecule has 166 valence electrons. The minimum absolute atomic E-state index is 0.107. The highest BCUT2D eigenvalue weighted by Gasteiger charge is 2.28. The highest BCUT2D eigenvalue weighted by Crippen LogP contribution is 2.36. The van der Waals surface area contributed by atoms with Crippen LogP contribution in [0.15, 0.2) is 84.5 Å². The maximum atomic E-state index is 11.6. The number of benzene rings is 2. The molecule has 0 spiro atoms. The molecule has 2 N–H and O–H groups in total. The van der Waals surface area contributed by atoms with Gasteiger partial charge >= 0.3 is 5.97 Å². The lowest BCUT2D eigenvalue weighted by Crippen LogP contribution is -2.29. The van der Waals surface area contributed by atoms with E-state index in [-0.39, 0.29) is 5.41 Å². The van der Waals surface area contributed by atoms with Crippen molar-refractivity contribution in [3.8, 4) is 29.4 Å². The summed E-state index contributed by atoms with van der Waals surface area (Å²) in [6.07, 6.45) is 7.50. The summed E-state index contributed by atoms with van der Waals surface area (Å²) in [6.45, 7) is 10.3. The molecule has 0 saturated carbocycles. The van der Waals surface area contributed by atoms with E-state index in [9.17, 15) is 4.79 Å². The minimum atomic E-state index is -0.438. The molecule has 3 heteroatoms. The molecule has 1 aliphatic rings. The van der Waals surface area contributed by atoms with Crippen molar-refractivity contribution in [3.05, 3.63) is 101 Å². The highest BCUT2D eigenvalue weighted by molar-refractivity contribution is 5.88. The first-order valence-corrected chi connectivity index (χ1v) is 11.0. The predicted molar refractivity (Wildman–Crippen MR) is 134 cm³/mol. The SMILES string of the molecule is C=C(C)C(=O)Oc1ccc(C#Cc2ccc(C#CC3=CCC(C)(C(C)CN)C=C3)cc2)cc1. The third kappa shape index (κ3) is 6.59. The van der Waals surface area contributed by atoms with Gasteiger partial charge in [-0.15, -0.1) is 0 Å². The molecule has 2 unspecified atom stereocenters. The fraction of sp³-hybridized carbons (Fsp3) is 0.233. The van der Waals surface area contributed by atoms with Crippen molar-refractivity contribution in [2.24, 2.45) is 17.1 Å². The Hall–Kier alpha value is -3.79. The van der Waals surface area contributed by atoms with Gasteiger partial charge in [0.25, 0.3) is 0 Å². The van der Waals surface area contributed by atoms with Gasteiger partial charge in [0, 0.05) is 27.8 Å². The van der Waals surface area contributed by atoms with Crippen LogP contribution in [0.3, 0.4) is 0 Å². The van der Waals surface area contributed by atoms with Crippen molar-refractivity contribution in [1.82, 2.24) is 0 Å². The van der Waals surface area contributed by atoms with Gasteiger partial charge in [-0.3, -0.25) is 0 Å². The number of hydrogen-bond acceptors (Lipinski definition) is 3. The average molecular weight is 436 g/mol. The second-order valence-corrected chi connectivity index (χ2v) is 8.61. The van der Waals surface area contributed by atoms with Crippen LogP contribution in [0.5, 0.6) is 5.75 Å². The smallest absolute Gasteiger partial charge is 0.338 e. The minimum Gasteiger partial charge on any atom is -0.423 e. The molecule has 0 fully saturated rings. The maximum Gasteiger partial charge on any atom is 0.338 e. The number of ether oxygens (including phenoxy) is 1. The molecule has 0 aromatic heterocycles. The number of esters is 1. The first-order valence-electron chi connectivity index (χ1n) is 11.0. The van der Waals surface area contributed by atoms with Crippen molar-refractivity contribution in [3.63, 3.8) is 0 Å². The molecule has 2 aromatic rings. The van der Waals surface area contributed by atoms with Gasteiger partial charge in [0.05, 0.1) is 0 Å². The molecule has 0 saturated heterocycles. The van der Waals surface area contributed by atoms with Gasteiger partial charge in [-0.05, 0) is 79.8 Å². The zero-order valence-corrected chi connectivity index (χ0v) is 19.4. The molecule has 0 radical (unpaired) electrons. The largest absolute Gasteiger partial charge is 0.423 e. The quantitative estimate of drug-likeness (QED) is 0.302. The predicted octanol–water partition coefficient (Wildman–Crippen LogP) is 5.41. The standard InChI is InChI=1S/C30H29NO2/c1-22(2)29(32)33-28-15-13-26(14-16-28)10-9-24-5-7-25(8-6-24)11-12-27-17-19-30(4,20-18-27)23(3)21-31/h5-8,13-19,23H,1,20-21,31H2,2-4H3.